The van der Waals surface area contributed by atoms with Gasteiger partial charge in [0.25, 0.3) is 0 Å². The van der Waals surface area contributed by atoms with E-state index in [0.717, 1.165) is 25.3 Å². The third kappa shape index (κ3) is 1.41. The van der Waals surface area contributed by atoms with Gasteiger partial charge in [0.1, 0.15) is 12.6 Å². The van der Waals surface area contributed by atoms with Crippen LogP contribution >= 0.6 is 0 Å². The van der Waals surface area contributed by atoms with Crippen molar-refractivity contribution in [2.45, 2.75) is 6.10 Å². The summed E-state index contributed by atoms with van der Waals surface area (Å²) in [6.45, 7) is 2.93. The van der Waals surface area contributed by atoms with Crippen molar-refractivity contribution >= 4 is 0 Å². The normalized spacial score (nSPS) is 25.3. The fourth-order valence-corrected chi connectivity index (χ4v) is 1.30. The van der Waals surface area contributed by atoms with Crippen LogP contribution in [0, 0.1) is 0 Å². The van der Waals surface area contributed by atoms with Crippen LogP contribution in [0.5, 0.6) is 0 Å². The molecule has 1 aromatic rings. The van der Waals surface area contributed by atoms with Crippen LogP contribution in [0.2, 0.25) is 0 Å². The number of aromatic amines is 1. The first-order valence-corrected chi connectivity index (χ1v) is 3.89. The fourth-order valence-electron chi connectivity index (χ4n) is 1.30. The zero-order valence-corrected chi connectivity index (χ0v) is 6.29. The zero-order valence-electron chi connectivity index (χ0n) is 6.29. The number of nitrogens with two attached hydrogens (primary N) is 1. The zero-order chi connectivity index (χ0) is 7.52. The first-order valence-electron chi connectivity index (χ1n) is 3.89. The summed E-state index contributed by atoms with van der Waals surface area (Å²) >= 11 is 0. The lowest BCUT2D eigenvalue weighted by molar-refractivity contribution is -0.678. The molecule has 2 heterocycles. The number of nitrogens with one attached hydrogen (secondary N) is 1. The predicted octanol–water partition coefficient (Wildman–Crippen LogP) is -0.956. The second-order valence-electron chi connectivity index (χ2n) is 2.70. The van der Waals surface area contributed by atoms with Crippen molar-refractivity contribution in [1.29, 1.82) is 0 Å². The SMILES string of the molecule is c1n[nH]cc1C1C[NH2+]CCO1. The predicted molar refractivity (Wildman–Crippen MR) is 38.9 cm³/mol. The maximum atomic E-state index is 5.53. The molecule has 1 aromatic heterocycles. The number of rotatable bonds is 1. The molecule has 4 heteroatoms. The molecule has 1 aliphatic heterocycles. The number of hydrogen-bond donors (Lipinski definition) is 2. The average Bonchev–Trinajstić information content (AvgIpc) is 2.58. The lowest BCUT2D eigenvalue weighted by Gasteiger charge is -2.19. The van der Waals surface area contributed by atoms with Crippen molar-refractivity contribution in [2.24, 2.45) is 0 Å². The van der Waals surface area contributed by atoms with E-state index < -0.39 is 0 Å². The first kappa shape index (κ1) is 6.82. The van der Waals surface area contributed by atoms with Crippen molar-refractivity contribution in [1.82, 2.24) is 10.2 Å². The minimum absolute atomic E-state index is 0.238. The van der Waals surface area contributed by atoms with E-state index in [4.69, 9.17) is 4.74 Å². The summed E-state index contributed by atoms with van der Waals surface area (Å²) in [7, 11) is 0. The molecule has 1 saturated heterocycles. The molecule has 0 radical (unpaired) electrons. The Balaban J connectivity index is 2.04. The Morgan fingerprint density at radius 3 is 3.36 bits per heavy atom. The van der Waals surface area contributed by atoms with E-state index in [1.807, 2.05) is 12.4 Å². The lowest BCUT2D eigenvalue weighted by atomic mass is 10.2. The van der Waals surface area contributed by atoms with Crippen molar-refractivity contribution in [3.05, 3.63) is 18.0 Å². The summed E-state index contributed by atoms with van der Waals surface area (Å²) in [6.07, 6.45) is 3.95. The van der Waals surface area contributed by atoms with Crippen molar-refractivity contribution in [2.75, 3.05) is 19.7 Å². The minimum Gasteiger partial charge on any atom is -0.362 e. The molecule has 1 unspecified atom stereocenters. The molecule has 1 aliphatic rings. The second kappa shape index (κ2) is 3.02. The molecule has 4 nitrogen and oxygen atoms in total. The Morgan fingerprint density at radius 1 is 1.73 bits per heavy atom. The molecular weight excluding hydrogens is 142 g/mol. The summed E-state index contributed by atoms with van der Waals surface area (Å²) in [6, 6.07) is 0. The van der Waals surface area contributed by atoms with Gasteiger partial charge in [-0.3, -0.25) is 5.10 Å². The second-order valence-corrected chi connectivity index (χ2v) is 2.70. The van der Waals surface area contributed by atoms with E-state index in [2.05, 4.69) is 15.5 Å². The quantitative estimate of drug-likeness (QED) is 0.547. The molecule has 0 spiro atoms. The highest BCUT2D eigenvalue weighted by Crippen LogP contribution is 2.13. The van der Waals surface area contributed by atoms with Gasteiger partial charge in [0, 0.05) is 11.8 Å². The largest absolute Gasteiger partial charge is 0.362 e. The van der Waals surface area contributed by atoms with Crippen LogP contribution in [0.15, 0.2) is 12.4 Å². The molecule has 11 heavy (non-hydrogen) atoms. The Hall–Kier alpha value is -0.870. The Kier molecular flexibility index (Phi) is 1.87. The average molecular weight is 154 g/mol. The maximum Gasteiger partial charge on any atom is 0.134 e. The van der Waals surface area contributed by atoms with Crippen LogP contribution in [-0.4, -0.2) is 29.9 Å². The van der Waals surface area contributed by atoms with Crippen LogP contribution in [0.1, 0.15) is 11.7 Å². The summed E-state index contributed by atoms with van der Waals surface area (Å²) in [5, 5.41) is 8.93. The van der Waals surface area contributed by atoms with Gasteiger partial charge in [-0.15, -0.1) is 0 Å². The third-order valence-corrected chi connectivity index (χ3v) is 1.91. The molecule has 0 aliphatic carbocycles. The maximum absolute atomic E-state index is 5.53. The first-order chi connectivity index (χ1) is 5.47. The smallest absolute Gasteiger partial charge is 0.134 e. The summed E-state index contributed by atoms with van der Waals surface area (Å²) in [5.41, 5.74) is 1.15. The number of quaternary nitrogens is 1. The number of H-pyrrole nitrogens is 1. The van der Waals surface area contributed by atoms with Gasteiger partial charge in [0.15, 0.2) is 0 Å². The molecule has 3 N–H and O–H groups in total. The van der Waals surface area contributed by atoms with Crippen LogP contribution in [0.4, 0.5) is 0 Å². The Bertz CT molecular complexity index is 203. The lowest BCUT2D eigenvalue weighted by Crippen LogP contribution is -2.88. The Morgan fingerprint density at radius 2 is 2.73 bits per heavy atom. The van der Waals surface area contributed by atoms with E-state index in [9.17, 15) is 0 Å². The van der Waals surface area contributed by atoms with Gasteiger partial charge in [-0.25, -0.2) is 0 Å². The van der Waals surface area contributed by atoms with Crippen molar-refractivity contribution < 1.29 is 10.1 Å². The summed E-state index contributed by atoms with van der Waals surface area (Å²) in [4.78, 5) is 0. The molecule has 0 aromatic carbocycles. The number of nitrogens with zero attached hydrogens (tertiary/aromatic N) is 1. The van der Waals surface area contributed by atoms with Crippen LogP contribution in [0.3, 0.4) is 0 Å². The van der Waals surface area contributed by atoms with E-state index in [1.54, 1.807) is 0 Å². The van der Waals surface area contributed by atoms with Crippen LogP contribution in [-0.2, 0) is 4.74 Å². The number of morpholine rings is 1. The number of hydrogen-bond acceptors (Lipinski definition) is 2. The van der Waals surface area contributed by atoms with Gasteiger partial charge in [-0.1, -0.05) is 0 Å². The molecule has 1 atom stereocenters. The van der Waals surface area contributed by atoms with Crippen LogP contribution < -0.4 is 5.32 Å². The fraction of sp³-hybridized carbons (Fsp3) is 0.571. The van der Waals surface area contributed by atoms with Gasteiger partial charge in [0.2, 0.25) is 0 Å². The standard InChI is InChI=1S/C7H11N3O/c1-2-11-7(5-8-1)6-3-9-10-4-6/h3-4,7-8H,1-2,5H2,(H,9,10)/p+1. The molecular formula is C7H12N3O+. The third-order valence-electron chi connectivity index (χ3n) is 1.91. The highest BCUT2D eigenvalue weighted by Gasteiger charge is 2.18. The summed E-state index contributed by atoms with van der Waals surface area (Å²) < 4.78 is 5.53. The molecule has 0 bridgehead atoms. The van der Waals surface area contributed by atoms with Gasteiger partial charge in [-0.2, -0.15) is 5.10 Å². The monoisotopic (exact) mass is 154 g/mol. The Labute approximate surface area is 64.9 Å². The van der Waals surface area contributed by atoms with Crippen molar-refractivity contribution in [3.63, 3.8) is 0 Å². The molecule has 2 rings (SSSR count). The van der Waals surface area contributed by atoms with E-state index >= 15 is 0 Å². The topological polar surface area (TPSA) is 54.5 Å². The van der Waals surface area contributed by atoms with Crippen LogP contribution in [0.25, 0.3) is 0 Å². The van der Waals surface area contributed by atoms with Gasteiger partial charge >= 0.3 is 0 Å². The number of ether oxygens (including phenoxy) is 1. The van der Waals surface area contributed by atoms with Gasteiger partial charge in [0.05, 0.1) is 19.3 Å². The number of aromatic nitrogens is 2. The highest BCUT2D eigenvalue weighted by molar-refractivity contribution is 5.07. The minimum atomic E-state index is 0.238. The molecule has 60 valence electrons. The van der Waals surface area contributed by atoms with Gasteiger partial charge < -0.3 is 10.1 Å². The van der Waals surface area contributed by atoms with Gasteiger partial charge in [-0.05, 0) is 0 Å². The molecule has 0 saturated carbocycles. The van der Waals surface area contributed by atoms with E-state index in [0.29, 0.717) is 0 Å². The van der Waals surface area contributed by atoms with Crippen molar-refractivity contribution in [3.8, 4) is 0 Å². The molecule has 0 amide bonds. The van der Waals surface area contributed by atoms with E-state index in [-0.39, 0.29) is 6.10 Å². The molecule has 1 fully saturated rings. The van der Waals surface area contributed by atoms with E-state index in [1.165, 1.54) is 0 Å². The summed E-state index contributed by atoms with van der Waals surface area (Å²) in [5.74, 6) is 0. The highest BCUT2D eigenvalue weighted by atomic mass is 16.5.